The van der Waals surface area contributed by atoms with Crippen LogP contribution >= 0.6 is 0 Å². The van der Waals surface area contributed by atoms with Crippen LogP contribution in [-0.2, 0) is 16.0 Å². The highest BCUT2D eigenvalue weighted by atomic mass is 16.5. The molecule has 17 heavy (non-hydrogen) atoms. The summed E-state index contributed by atoms with van der Waals surface area (Å²) in [6.07, 6.45) is 2.74. The summed E-state index contributed by atoms with van der Waals surface area (Å²) in [5.74, 6) is 0.420. The summed E-state index contributed by atoms with van der Waals surface area (Å²) in [5.41, 5.74) is 6.67. The third-order valence-corrected chi connectivity index (χ3v) is 2.85. The predicted molar refractivity (Wildman–Crippen MR) is 63.5 cm³/mol. The summed E-state index contributed by atoms with van der Waals surface area (Å²) < 4.78 is 5.11. The average Bonchev–Trinajstić information content (AvgIpc) is 3.13. The molecule has 4 nitrogen and oxygen atoms in total. The topological polar surface area (TPSA) is 72.5 Å². The van der Waals surface area contributed by atoms with Gasteiger partial charge in [-0.1, -0.05) is 12.1 Å². The fourth-order valence-electron chi connectivity index (χ4n) is 1.56. The molecule has 0 spiro atoms. The van der Waals surface area contributed by atoms with E-state index >= 15 is 0 Å². The quantitative estimate of drug-likeness (QED) is 0.752. The van der Waals surface area contributed by atoms with E-state index in [-0.39, 0.29) is 11.7 Å². The lowest BCUT2D eigenvalue weighted by atomic mass is 10.1. The number of benzene rings is 1. The van der Waals surface area contributed by atoms with Crippen molar-refractivity contribution < 1.29 is 14.6 Å². The molecule has 0 aliphatic heterocycles. The van der Waals surface area contributed by atoms with Gasteiger partial charge in [0.25, 0.3) is 0 Å². The zero-order valence-corrected chi connectivity index (χ0v) is 9.63. The zero-order valence-electron chi connectivity index (χ0n) is 9.63. The van der Waals surface area contributed by atoms with Crippen LogP contribution in [-0.4, -0.2) is 23.7 Å². The molecule has 1 atom stereocenters. The Morgan fingerprint density at radius 3 is 2.65 bits per heavy atom. The van der Waals surface area contributed by atoms with E-state index in [4.69, 9.17) is 15.6 Å². The molecule has 92 valence electrons. The van der Waals surface area contributed by atoms with Crippen molar-refractivity contribution in [1.29, 1.82) is 0 Å². The van der Waals surface area contributed by atoms with E-state index in [1.807, 2.05) is 0 Å². The fourth-order valence-corrected chi connectivity index (χ4v) is 1.56. The first-order valence-electron chi connectivity index (χ1n) is 5.85. The van der Waals surface area contributed by atoms with Crippen LogP contribution in [0.25, 0.3) is 0 Å². The van der Waals surface area contributed by atoms with Gasteiger partial charge < -0.3 is 15.6 Å². The molecule has 3 N–H and O–H groups in total. The van der Waals surface area contributed by atoms with E-state index < -0.39 is 6.04 Å². The molecule has 1 aromatic rings. The molecule has 0 amide bonds. The van der Waals surface area contributed by atoms with Crippen LogP contribution in [0.4, 0.5) is 0 Å². The Kier molecular flexibility index (Phi) is 3.64. The van der Waals surface area contributed by atoms with Gasteiger partial charge in [0.05, 0.1) is 6.61 Å². The Hall–Kier alpha value is -1.55. The minimum atomic E-state index is -0.627. The highest BCUT2D eigenvalue weighted by Gasteiger charge is 2.24. The van der Waals surface area contributed by atoms with E-state index in [0.717, 1.165) is 18.4 Å². The Bertz CT molecular complexity index is 384. The Balaban J connectivity index is 1.80. The molecule has 1 saturated carbocycles. The lowest BCUT2D eigenvalue weighted by Crippen LogP contribution is -2.34. The first-order chi connectivity index (χ1) is 8.15. The molecular weight excluding hydrogens is 218 g/mol. The van der Waals surface area contributed by atoms with Crippen LogP contribution in [0.1, 0.15) is 18.4 Å². The molecular formula is C13H17NO3. The van der Waals surface area contributed by atoms with Crippen molar-refractivity contribution in [2.24, 2.45) is 11.7 Å². The van der Waals surface area contributed by atoms with Crippen LogP contribution in [0, 0.1) is 5.92 Å². The lowest BCUT2D eigenvalue weighted by Gasteiger charge is -2.11. The third kappa shape index (κ3) is 3.75. The summed E-state index contributed by atoms with van der Waals surface area (Å²) in [4.78, 5) is 11.5. The van der Waals surface area contributed by atoms with Gasteiger partial charge in [0.1, 0.15) is 11.8 Å². The number of hydrogen-bond donors (Lipinski definition) is 2. The number of hydrogen-bond acceptors (Lipinski definition) is 4. The molecule has 0 aromatic heterocycles. The van der Waals surface area contributed by atoms with E-state index in [1.54, 1.807) is 24.3 Å². The number of rotatable bonds is 5. The van der Waals surface area contributed by atoms with E-state index in [2.05, 4.69) is 0 Å². The van der Waals surface area contributed by atoms with Crippen molar-refractivity contribution in [2.75, 3.05) is 6.61 Å². The second-order valence-corrected chi connectivity index (χ2v) is 4.55. The van der Waals surface area contributed by atoms with Gasteiger partial charge in [-0.3, -0.25) is 4.79 Å². The first-order valence-corrected chi connectivity index (χ1v) is 5.85. The Labute approximate surface area is 100 Å². The average molecular weight is 235 g/mol. The van der Waals surface area contributed by atoms with Gasteiger partial charge in [0.15, 0.2) is 0 Å². The van der Waals surface area contributed by atoms with E-state index in [1.165, 1.54) is 0 Å². The van der Waals surface area contributed by atoms with Crippen molar-refractivity contribution in [3.8, 4) is 5.75 Å². The second kappa shape index (κ2) is 5.19. The molecule has 0 heterocycles. The van der Waals surface area contributed by atoms with Crippen LogP contribution in [0.2, 0.25) is 0 Å². The number of phenolic OH excluding ortho intramolecular Hbond substituents is 1. The second-order valence-electron chi connectivity index (χ2n) is 4.55. The van der Waals surface area contributed by atoms with Crippen molar-refractivity contribution >= 4 is 5.97 Å². The largest absolute Gasteiger partial charge is 0.508 e. The summed E-state index contributed by atoms with van der Waals surface area (Å²) >= 11 is 0. The minimum absolute atomic E-state index is 0.207. The Morgan fingerprint density at radius 1 is 1.41 bits per heavy atom. The lowest BCUT2D eigenvalue weighted by molar-refractivity contribution is -0.145. The Morgan fingerprint density at radius 2 is 2.06 bits per heavy atom. The normalized spacial score (nSPS) is 16.5. The van der Waals surface area contributed by atoms with Crippen molar-refractivity contribution in [2.45, 2.75) is 25.3 Å². The first kappa shape index (κ1) is 11.9. The molecule has 0 radical (unpaired) electrons. The maximum Gasteiger partial charge on any atom is 0.323 e. The van der Waals surface area contributed by atoms with Gasteiger partial charge >= 0.3 is 5.97 Å². The number of aromatic hydroxyl groups is 1. The standard InChI is InChI=1S/C13H17NO3/c14-12(13(16)17-8-10-1-2-10)7-9-3-5-11(15)6-4-9/h3-6,10,12,15H,1-2,7-8,14H2/t12-/m0/s1. The molecule has 4 heteroatoms. The van der Waals surface area contributed by atoms with Gasteiger partial charge in [-0.15, -0.1) is 0 Å². The van der Waals surface area contributed by atoms with Crippen molar-refractivity contribution in [1.82, 2.24) is 0 Å². The SMILES string of the molecule is N[C@@H](Cc1ccc(O)cc1)C(=O)OCC1CC1. The van der Waals surface area contributed by atoms with Crippen LogP contribution < -0.4 is 5.73 Å². The minimum Gasteiger partial charge on any atom is -0.508 e. The van der Waals surface area contributed by atoms with Crippen LogP contribution in [0.5, 0.6) is 5.75 Å². The van der Waals surface area contributed by atoms with Gasteiger partial charge in [-0.05, 0) is 42.9 Å². The predicted octanol–water partition coefficient (Wildman–Crippen LogP) is 1.22. The monoisotopic (exact) mass is 235 g/mol. The maximum atomic E-state index is 11.5. The number of ether oxygens (including phenoxy) is 1. The van der Waals surface area contributed by atoms with Gasteiger partial charge in [-0.25, -0.2) is 0 Å². The molecule has 0 unspecified atom stereocenters. The highest BCUT2D eigenvalue weighted by Crippen LogP contribution is 2.28. The molecule has 0 bridgehead atoms. The number of esters is 1. The van der Waals surface area contributed by atoms with Gasteiger partial charge in [0.2, 0.25) is 0 Å². The van der Waals surface area contributed by atoms with Crippen molar-refractivity contribution in [3.05, 3.63) is 29.8 Å². The number of carbonyl (C=O) groups excluding carboxylic acids is 1. The smallest absolute Gasteiger partial charge is 0.323 e. The summed E-state index contributed by atoms with van der Waals surface area (Å²) in [7, 11) is 0. The van der Waals surface area contributed by atoms with Gasteiger partial charge in [-0.2, -0.15) is 0 Å². The molecule has 1 aromatic carbocycles. The molecule has 2 rings (SSSR count). The highest BCUT2D eigenvalue weighted by molar-refractivity contribution is 5.75. The summed E-state index contributed by atoms with van der Waals surface area (Å²) in [5, 5.41) is 9.13. The van der Waals surface area contributed by atoms with E-state index in [0.29, 0.717) is 18.9 Å². The molecule has 0 saturated heterocycles. The van der Waals surface area contributed by atoms with Crippen LogP contribution in [0.15, 0.2) is 24.3 Å². The maximum absolute atomic E-state index is 11.5. The molecule has 1 aliphatic rings. The van der Waals surface area contributed by atoms with E-state index in [9.17, 15) is 4.79 Å². The number of nitrogens with two attached hydrogens (primary N) is 1. The third-order valence-electron chi connectivity index (χ3n) is 2.85. The number of phenols is 1. The zero-order chi connectivity index (χ0) is 12.3. The number of carbonyl (C=O) groups is 1. The van der Waals surface area contributed by atoms with Crippen LogP contribution in [0.3, 0.4) is 0 Å². The fraction of sp³-hybridized carbons (Fsp3) is 0.462. The molecule has 1 fully saturated rings. The molecule has 1 aliphatic carbocycles. The van der Waals surface area contributed by atoms with Crippen molar-refractivity contribution in [3.63, 3.8) is 0 Å². The van der Waals surface area contributed by atoms with Gasteiger partial charge in [0, 0.05) is 0 Å². The summed E-state index contributed by atoms with van der Waals surface area (Å²) in [6, 6.07) is 6.04. The summed E-state index contributed by atoms with van der Waals surface area (Å²) in [6.45, 7) is 0.502.